The van der Waals surface area contributed by atoms with E-state index in [0.29, 0.717) is 11.5 Å². The van der Waals surface area contributed by atoms with Gasteiger partial charge in [-0.05, 0) is 67.7 Å². The highest BCUT2D eigenvalue weighted by Gasteiger charge is 2.19. The van der Waals surface area contributed by atoms with Gasteiger partial charge in [0.15, 0.2) is 9.84 Å². The van der Waals surface area contributed by atoms with E-state index >= 15 is 0 Å². The van der Waals surface area contributed by atoms with Gasteiger partial charge in [-0.15, -0.1) is 12.4 Å². The molecule has 0 spiro atoms. The van der Waals surface area contributed by atoms with E-state index in [1.807, 2.05) is 12.1 Å². The van der Waals surface area contributed by atoms with Crippen LogP contribution in [0.2, 0.25) is 0 Å². The summed E-state index contributed by atoms with van der Waals surface area (Å²) in [6.45, 7) is 1.95. The lowest BCUT2D eigenvalue weighted by Crippen LogP contribution is -2.30. The molecular formula is C20H24ClFN2O3S. The van der Waals surface area contributed by atoms with Crippen molar-refractivity contribution in [3.8, 4) is 0 Å². The molecule has 2 N–H and O–H groups in total. The minimum absolute atomic E-state index is 0. The average molecular weight is 427 g/mol. The van der Waals surface area contributed by atoms with Crippen LogP contribution < -0.4 is 10.6 Å². The predicted octanol–water partition coefficient (Wildman–Crippen LogP) is 2.60. The molecule has 0 bridgehead atoms. The van der Waals surface area contributed by atoms with Crippen LogP contribution in [0.1, 0.15) is 22.3 Å². The molecule has 5 nitrogen and oxygen atoms in total. The first-order chi connectivity index (χ1) is 13.0. The number of sulfone groups is 1. The van der Waals surface area contributed by atoms with E-state index in [4.69, 9.17) is 0 Å². The maximum absolute atomic E-state index is 12.9. The number of rotatable bonds is 7. The molecule has 1 aliphatic heterocycles. The molecule has 1 heterocycles. The van der Waals surface area contributed by atoms with Crippen LogP contribution in [0.25, 0.3) is 0 Å². The van der Waals surface area contributed by atoms with E-state index < -0.39 is 15.7 Å². The molecule has 2 aromatic carbocycles. The summed E-state index contributed by atoms with van der Waals surface area (Å²) in [5.74, 6) is -0.487. The monoisotopic (exact) mass is 426 g/mol. The second-order valence-corrected chi connectivity index (χ2v) is 8.86. The zero-order valence-corrected chi connectivity index (χ0v) is 17.0. The van der Waals surface area contributed by atoms with Crippen molar-refractivity contribution in [1.82, 2.24) is 10.6 Å². The molecule has 0 aliphatic carbocycles. The van der Waals surface area contributed by atoms with Gasteiger partial charge >= 0.3 is 0 Å². The van der Waals surface area contributed by atoms with Gasteiger partial charge in [0.05, 0.1) is 10.6 Å². The minimum atomic E-state index is -3.57. The summed E-state index contributed by atoms with van der Waals surface area (Å²) in [5, 5.41) is 6.01. The summed E-state index contributed by atoms with van der Waals surface area (Å²) >= 11 is 0. The topological polar surface area (TPSA) is 75.3 Å². The van der Waals surface area contributed by atoms with Gasteiger partial charge in [-0.25, -0.2) is 12.8 Å². The largest absolute Gasteiger partial charge is 0.351 e. The number of benzene rings is 2. The fourth-order valence-electron chi connectivity index (χ4n) is 3.27. The highest BCUT2D eigenvalue weighted by Crippen LogP contribution is 2.18. The molecule has 8 heteroatoms. The first kappa shape index (κ1) is 22.3. The van der Waals surface area contributed by atoms with Crippen LogP contribution in [0.4, 0.5) is 4.39 Å². The molecule has 152 valence electrons. The van der Waals surface area contributed by atoms with Gasteiger partial charge in [0, 0.05) is 12.1 Å². The van der Waals surface area contributed by atoms with Crippen LogP contribution in [-0.4, -0.2) is 39.7 Å². The zero-order chi connectivity index (χ0) is 19.3. The van der Waals surface area contributed by atoms with Crippen LogP contribution in [0.15, 0.2) is 53.4 Å². The maximum atomic E-state index is 12.9. The molecule has 28 heavy (non-hydrogen) atoms. The Balaban J connectivity index is 0.00000280. The lowest BCUT2D eigenvalue weighted by atomic mass is 9.94. The highest BCUT2D eigenvalue weighted by atomic mass is 35.5. The second-order valence-electron chi connectivity index (χ2n) is 6.75. The van der Waals surface area contributed by atoms with E-state index in [-0.39, 0.29) is 35.5 Å². The van der Waals surface area contributed by atoms with Crippen LogP contribution in [0, 0.1) is 11.7 Å². The standard InChI is InChI=1S/C20H23FN2O3S.ClH/c21-17-5-7-18(8-6-17)27(25,26)12-11-23-20(24)19-4-2-1-3-16(19)13-15-9-10-22-14-15;/h1-8,15,22H,9-14H2,(H,23,24);1H. The third-order valence-corrected chi connectivity index (χ3v) is 6.49. The van der Waals surface area contributed by atoms with Gasteiger partial charge in [-0.3, -0.25) is 4.79 Å². The van der Waals surface area contributed by atoms with Crippen molar-refractivity contribution in [2.75, 3.05) is 25.4 Å². The number of carbonyl (C=O) groups is 1. The van der Waals surface area contributed by atoms with E-state index in [2.05, 4.69) is 10.6 Å². The normalized spacial score (nSPS) is 16.4. The third kappa shape index (κ3) is 5.77. The molecule has 1 amide bonds. The third-order valence-electron chi connectivity index (χ3n) is 4.76. The smallest absolute Gasteiger partial charge is 0.251 e. The molecule has 1 aliphatic rings. The average Bonchev–Trinajstić information content (AvgIpc) is 3.15. The van der Waals surface area contributed by atoms with Crippen molar-refractivity contribution in [2.45, 2.75) is 17.7 Å². The number of hydrogen-bond donors (Lipinski definition) is 2. The summed E-state index contributed by atoms with van der Waals surface area (Å²) in [4.78, 5) is 12.6. The van der Waals surface area contributed by atoms with Crippen LogP contribution >= 0.6 is 12.4 Å². The quantitative estimate of drug-likeness (QED) is 0.667. The Morgan fingerprint density at radius 3 is 2.54 bits per heavy atom. The molecule has 1 atom stereocenters. The van der Waals surface area contributed by atoms with Crippen LogP contribution in [0.3, 0.4) is 0 Å². The Hall–Kier alpha value is -1.96. The molecule has 0 saturated carbocycles. The fraction of sp³-hybridized carbons (Fsp3) is 0.350. The fourth-order valence-corrected chi connectivity index (χ4v) is 4.43. The van der Waals surface area contributed by atoms with Crippen molar-refractivity contribution in [1.29, 1.82) is 0 Å². The molecule has 0 aromatic heterocycles. The van der Waals surface area contributed by atoms with Crippen LogP contribution in [-0.2, 0) is 16.3 Å². The van der Waals surface area contributed by atoms with Gasteiger partial charge in [0.1, 0.15) is 5.82 Å². The first-order valence-corrected chi connectivity index (χ1v) is 10.7. The van der Waals surface area contributed by atoms with E-state index in [0.717, 1.165) is 43.6 Å². The van der Waals surface area contributed by atoms with Crippen LogP contribution in [0.5, 0.6) is 0 Å². The van der Waals surface area contributed by atoms with Gasteiger partial charge < -0.3 is 10.6 Å². The Kier molecular flexibility index (Phi) is 7.98. The van der Waals surface area contributed by atoms with E-state index in [9.17, 15) is 17.6 Å². The number of halogens is 2. The summed E-state index contributed by atoms with van der Waals surface area (Å²) in [5.41, 5.74) is 1.56. The summed E-state index contributed by atoms with van der Waals surface area (Å²) in [7, 11) is -3.57. The maximum Gasteiger partial charge on any atom is 0.251 e. The number of nitrogens with one attached hydrogen (secondary N) is 2. The van der Waals surface area contributed by atoms with Gasteiger partial charge in [-0.2, -0.15) is 0 Å². The molecule has 2 aromatic rings. The van der Waals surface area contributed by atoms with Gasteiger partial charge in [-0.1, -0.05) is 18.2 Å². The number of carbonyl (C=O) groups excluding carboxylic acids is 1. The molecule has 1 fully saturated rings. The highest BCUT2D eigenvalue weighted by molar-refractivity contribution is 7.91. The van der Waals surface area contributed by atoms with Crippen molar-refractivity contribution < 1.29 is 17.6 Å². The Morgan fingerprint density at radius 1 is 1.14 bits per heavy atom. The van der Waals surface area contributed by atoms with E-state index in [1.165, 1.54) is 12.1 Å². The number of amides is 1. The predicted molar refractivity (Wildman–Crippen MR) is 109 cm³/mol. The number of hydrogen-bond acceptors (Lipinski definition) is 4. The van der Waals surface area contributed by atoms with Gasteiger partial charge in [0.2, 0.25) is 0 Å². The van der Waals surface area contributed by atoms with Crippen molar-refractivity contribution in [3.63, 3.8) is 0 Å². The Bertz CT molecular complexity index is 898. The minimum Gasteiger partial charge on any atom is -0.351 e. The SMILES string of the molecule is Cl.O=C(NCCS(=O)(=O)c1ccc(F)cc1)c1ccccc1CC1CCNC1. The molecular weight excluding hydrogens is 403 g/mol. The lowest BCUT2D eigenvalue weighted by molar-refractivity contribution is 0.0955. The molecule has 3 rings (SSSR count). The summed E-state index contributed by atoms with van der Waals surface area (Å²) in [6, 6.07) is 12.1. The summed E-state index contributed by atoms with van der Waals surface area (Å²) < 4.78 is 37.5. The van der Waals surface area contributed by atoms with Gasteiger partial charge in [0.25, 0.3) is 5.91 Å². The summed E-state index contributed by atoms with van der Waals surface area (Å²) in [6.07, 6.45) is 1.91. The molecule has 1 saturated heterocycles. The van der Waals surface area contributed by atoms with Crippen molar-refractivity contribution in [3.05, 3.63) is 65.5 Å². The second kappa shape index (κ2) is 10.0. The first-order valence-electron chi connectivity index (χ1n) is 9.01. The Labute approximate surface area is 171 Å². The van der Waals surface area contributed by atoms with E-state index in [1.54, 1.807) is 12.1 Å². The van der Waals surface area contributed by atoms with Crippen molar-refractivity contribution in [2.24, 2.45) is 5.92 Å². The Morgan fingerprint density at radius 2 is 1.86 bits per heavy atom. The lowest BCUT2D eigenvalue weighted by Gasteiger charge is -2.13. The molecule has 0 radical (unpaired) electrons. The zero-order valence-electron chi connectivity index (χ0n) is 15.4. The molecule has 1 unspecified atom stereocenters. The van der Waals surface area contributed by atoms with Crippen molar-refractivity contribution >= 4 is 28.2 Å².